The van der Waals surface area contributed by atoms with Crippen LogP contribution in [0.2, 0.25) is 0 Å². The summed E-state index contributed by atoms with van der Waals surface area (Å²) in [6, 6.07) is 0. The molecule has 0 heterocycles. The van der Waals surface area contributed by atoms with E-state index in [4.69, 9.17) is 0 Å². The molecular formula is C10H19NO. The van der Waals surface area contributed by atoms with Gasteiger partial charge in [-0.3, -0.25) is 4.79 Å². The molecule has 0 aliphatic heterocycles. The molecule has 0 unspecified atom stereocenters. The summed E-state index contributed by atoms with van der Waals surface area (Å²) >= 11 is 0. The maximum atomic E-state index is 11.5. The summed E-state index contributed by atoms with van der Waals surface area (Å²) in [6.07, 6.45) is 2.75. The molecule has 0 radical (unpaired) electrons. The first-order chi connectivity index (χ1) is 5.44. The topological polar surface area (TPSA) is 29.1 Å². The first-order valence-electron chi connectivity index (χ1n) is 4.38. The van der Waals surface area contributed by atoms with Gasteiger partial charge in [-0.25, -0.2) is 0 Å². The summed E-state index contributed by atoms with van der Waals surface area (Å²) < 4.78 is 0. The zero-order chi connectivity index (χ0) is 9.78. The second-order valence-electron chi connectivity index (χ2n) is 3.66. The van der Waals surface area contributed by atoms with Crippen LogP contribution in [0.1, 0.15) is 41.0 Å². The molecule has 1 amide bonds. The summed E-state index contributed by atoms with van der Waals surface area (Å²) in [5.41, 5.74) is 0.658. The van der Waals surface area contributed by atoms with E-state index in [1.807, 2.05) is 40.7 Å². The fourth-order valence-corrected chi connectivity index (χ4v) is 0.581. The molecule has 70 valence electrons. The van der Waals surface area contributed by atoms with Crippen molar-refractivity contribution in [1.82, 2.24) is 5.32 Å². The molecule has 0 aliphatic carbocycles. The highest BCUT2D eigenvalue weighted by molar-refractivity contribution is 5.83. The number of hydrogen-bond acceptors (Lipinski definition) is 1. The third-order valence-electron chi connectivity index (χ3n) is 2.24. The van der Waals surface area contributed by atoms with Crippen molar-refractivity contribution >= 4 is 5.91 Å². The summed E-state index contributed by atoms with van der Waals surface area (Å²) in [7, 11) is 0. The summed E-state index contributed by atoms with van der Waals surface area (Å²) in [5.74, 6) is 0.0978. The van der Waals surface area contributed by atoms with Crippen LogP contribution in [0.5, 0.6) is 0 Å². The Kier molecular flexibility index (Phi) is 4.01. The standard InChI is InChI=1S/C10H19NO/c1-6-8(3)11-9(12)10(4,5)7-2/h6H,7H2,1-5H3,(H,11,12). The lowest BCUT2D eigenvalue weighted by atomic mass is 9.89. The second kappa shape index (κ2) is 4.29. The minimum Gasteiger partial charge on any atom is -0.330 e. The predicted molar refractivity (Wildman–Crippen MR) is 51.6 cm³/mol. The third-order valence-corrected chi connectivity index (χ3v) is 2.24. The maximum absolute atomic E-state index is 11.5. The van der Waals surface area contributed by atoms with E-state index in [2.05, 4.69) is 5.32 Å². The van der Waals surface area contributed by atoms with Crippen LogP contribution in [0.4, 0.5) is 0 Å². The number of hydrogen-bond donors (Lipinski definition) is 1. The molecule has 0 saturated carbocycles. The molecule has 0 aromatic carbocycles. The number of carbonyl (C=O) groups excluding carboxylic acids is 1. The van der Waals surface area contributed by atoms with E-state index in [9.17, 15) is 4.79 Å². The molecule has 2 nitrogen and oxygen atoms in total. The molecule has 0 atom stereocenters. The lowest BCUT2D eigenvalue weighted by Gasteiger charge is -2.21. The molecule has 1 N–H and O–H groups in total. The lowest BCUT2D eigenvalue weighted by molar-refractivity contribution is -0.128. The van der Waals surface area contributed by atoms with Crippen molar-refractivity contribution in [2.45, 2.75) is 41.0 Å². The highest BCUT2D eigenvalue weighted by atomic mass is 16.2. The van der Waals surface area contributed by atoms with Crippen molar-refractivity contribution in [1.29, 1.82) is 0 Å². The van der Waals surface area contributed by atoms with Crippen LogP contribution in [0.25, 0.3) is 0 Å². The molecule has 0 rings (SSSR count). The number of carbonyl (C=O) groups is 1. The van der Waals surface area contributed by atoms with Crippen molar-refractivity contribution in [2.75, 3.05) is 0 Å². The molecule has 0 aliphatic rings. The maximum Gasteiger partial charge on any atom is 0.229 e. The van der Waals surface area contributed by atoms with E-state index >= 15 is 0 Å². The van der Waals surface area contributed by atoms with Crippen LogP contribution in [0.15, 0.2) is 11.8 Å². The smallest absolute Gasteiger partial charge is 0.229 e. The number of amides is 1. The van der Waals surface area contributed by atoms with Crippen molar-refractivity contribution in [3.8, 4) is 0 Å². The molecule has 0 aromatic rings. The Balaban J connectivity index is 4.23. The number of allylic oxidation sites excluding steroid dienone is 2. The zero-order valence-corrected chi connectivity index (χ0v) is 8.69. The fraction of sp³-hybridized carbons (Fsp3) is 0.700. The Morgan fingerprint density at radius 3 is 2.33 bits per heavy atom. The number of rotatable bonds is 3. The Bertz CT molecular complexity index is 192. The van der Waals surface area contributed by atoms with Gasteiger partial charge >= 0.3 is 0 Å². The quantitative estimate of drug-likeness (QED) is 0.691. The van der Waals surface area contributed by atoms with Gasteiger partial charge in [0.05, 0.1) is 0 Å². The monoisotopic (exact) mass is 169 g/mol. The van der Waals surface area contributed by atoms with Crippen LogP contribution in [0.3, 0.4) is 0 Å². The molecule has 0 fully saturated rings. The Labute approximate surface area is 75.0 Å². The Hall–Kier alpha value is -0.790. The average molecular weight is 169 g/mol. The van der Waals surface area contributed by atoms with Crippen molar-refractivity contribution in [3.05, 3.63) is 11.8 Å². The summed E-state index contributed by atoms with van der Waals surface area (Å²) in [4.78, 5) is 11.5. The van der Waals surface area contributed by atoms with Crippen LogP contribution in [-0.4, -0.2) is 5.91 Å². The molecule has 0 aromatic heterocycles. The highest BCUT2D eigenvalue weighted by Gasteiger charge is 2.24. The second-order valence-corrected chi connectivity index (χ2v) is 3.66. The SMILES string of the molecule is CC=C(C)NC(=O)C(C)(C)CC. The first kappa shape index (κ1) is 11.2. The van der Waals surface area contributed by atoms with E-state index in [0.717, 1.165) is 12.1 Å². The Morgan fingerprint density at radius 2 is 2.00 bits per heavy atom. The van der Waals surface area contributed by atoms with E-state index in [1.165, 1.54) is 0 Å². The molecular weight excluding hydrogens is 150 g/mol. The largest absolute Gasteiger partial charge is 0.330 e. The lowest BCUT2D eigenvalue weighted by Crippen LogP contribution is -2.35. The molecule has 2 heteroatoms. The molecule has 0 saturated heterocycles. The van der Waals surface area contributed by atoms with Crippen LogP contribution < -0.4 is 5.32 Å². The van der Waals surface area contributed by atoms with Gasteiger partial charge in [0.15, 0.2) is 0 Å². The predicted octanol–water partition coefficient (Wildman–Crippen LogP) is 2.46. The van der Waals surface area contributed by atoms with Gasteiger partial charge < -0.3 is 5.32 Å². The van der Waals surface area contributed by atoms with Gasteiger partial charge in [-0.1, -0.05) is 26.8 Å². The van der Waals surface area contributed by atoms with Crippen LogP contribution in [-0.2, 0) is 4.79 Å². The minimum absolute atomic E-state index is 0.0978. The summed E-state index contributed by atoms with van der Waals surface area (Å²) in [6.45, 7) is 9.72. The van der Waals surface area contributed by atoms with Gasteiger partial charge in [0.2, 0.25) is 5.91 Å². The normalized spacial score (nSPS) is 12.9. The summed E-state index contributed by atoms with van der Waals surface area (Å²) in [5, 5.41) is 2.84. The van der Waals surface area contributed by atoms with Gasteiger partial charge in [0, 0.05) is 11.1 Å². The van der Waals surface area contributed by atoms with Crippen molar-refractivity contribution < 1.29 is 4.79 Å². The molecule has 0 bridgehead atoms. The van der Waals surface area contributed by atoms with E-state index in [1.54, 1.807) is 0 Å². The van der Waals surface area contributed by atoms with Gasteiger partial charge in [-0.2, -0.15) is 0 Å². The Morgan fingerprint density at radius 1 is 1.50 bits per heavy atom. The average Bonchev–Trinajstić information content (AvgIpc) is 2.04. The highest BCUT2D eigenvalue weighted by Crippen LogP contribution is 2.19. The van der Waals surface area contributed by atoms with Gasteiger partial charge in [0.25, 0.3) is 0 Å². The zero-order valence-electron chi connectivity index (χ0n) is 8.69. The first-order valence-corrected chi connectivity index (χ1v) is 4.38. The van der Waals surface area contributed by atoms with Gasteiger partial charge in [0.1, 0.15) is 0 Å². The van der Waals surface area contributed by atoms with Gasteiger partial charge in [-0.15, -0.1) is 0 Å². The third kappa shape index (κ3) is 3.07. The minimum atomic E-state index is -0.260. The van der Waals surface area contributed by atoms with Gasteiger partial charge in [-0.05, 0) is 20.3 Å². The van der Waals surface area contributed by atoms with E-state index in [-0.39, 0.29) is 11.3 Å². The van der Waals surface area contributed by atoms with Crippen molar-refractivity contribution in [2.24, 2.45) is 5.41 Å². The van der Waals surface area contributed by atoms with Crippen LogP contribution >= 0.6 is 0 Å². The van der Waals surface area contributed by atoms with E-state index in [0.29, 0.717) is 0 Å². The molecule has 0 spiro atoms. The van der Waals surface area contributed by atoms with Crippen molar-refractivity contribution in [3.63, 3.8) is 0 Å². The van der Waals surface area contributed by atoms with E-state index < -0.39 is 0 Å². The number of nitrogens with one attached hydrogen (secondary N) is 1. The molecule has 12 heavy (non-hydrogen) atoms. The van der Waals surface area contributed by atoms with Crippen LogP contribution in [0, 0.1) is 5.41 Å². The fourth-order valence-electron chi connectivity index (χ4n) is 0.581.